The number of carbonyl (C=O) groups is 1. The van der Waals surface area contributed by atoms with Crippen LogP contribution in [-0.2, 0) is 0 Å². The third-order valence-electron chi connectivity index (χ3n) is 3.91. The lowest BCUT2D eigenvalue weighted by atomic mass is 10.1. The topological polar surface area (TPSA) is 23.6 Å². The summed E-state index contributed by atoms with van der Waals surface area (Å²) in [6.45, 7) is 5.50. The van der Waals surface area contributed by atoms with Crippen molar-refractivity contribution in [2.45, 2.75) is 25.8 Å². The molecule has 1 aliphatic rings. The van der Waals surface area contributed by atoms with Gasteiger partial charge in [-0.2, -0.15) is 0 Å². The Kier molecular flexibility index (Phi) is 4.83. The Bertz CT molecular complexity index is 450. The van der Waals surface area contributed by atoms with Crippen LogP contribution in [0, 0.1) is 0 Å². The molecule has 1 heterocycles. The van der Waals surface area contributed by atoms with Crippen LogP contribution in [-0.4, -0.2) is 43.9 Å². The maximum atomic E-state index is 10.7. The molecule has 1 atom stereocenters. The van der Waals surface area contributed by atoms with Gasteiger partial charge >= 0.3 is 0 Å². The number of aldehydes is 1. The predicted molar refractivity (Wildman–Crippen MR) is 80.4 cm³/mol. The fourth-order valence-electron chi connectivity index (χ4n) is 2.84. The molecular weight excluding hydrogens is 260 g/mol. The summed E-state index contributed by atoms with van der Waals surface area (Å²) in [5.41, 5.74) is 1.62. The Balaban J connectivity index is 2.07. The molecule has 0 radical (unpaired) electrons. The molecular formula is C15H21ClN2O. The number of hydrogen-bond donors (Lipinski definition) is 0. The summed E-state index contributed by atoms with van der Waals surface area (Å²) in [6, 6.07) is 6.08. The summed E-state index contributed by atoms with van der Waals surface area (Å²) in [5.74, 6) is 0. The number of carbonyl (C=O) groups excluding carboxylic acids is 1. The first-order valence-corrected chi connectivity index (χ1v) is 7.23. The minimum atomic E-state index is 0.608. The Morgan fingerprint density at radius 3 is 2.95 bits per heavy atom. The number of anilines is 1. The molecule has 1 aromatic rings. The summed E-state index contributed by atoms with van der Waals surface area (Å²) in [5, 5.41) is 0.646. The van der Waals surface area contributed by atoms with Crippen molar-refractivity contribution in [3.8, 4) is 0 Å². The maximum absolute atomic E-state index is 10.7. The molecule has 0 bridgehead atoms. The van der Waals surface area contributed by atoms with E-state index in [-0.39, 0.29) is 0 Å². The van der Waals surface area contributed by atoms with Gasteiger partial charge in [0, 0.05) is 25.2 Å². The average molecular weight is 281 g/mol. The van der Waals surface area contributed by atoms with Gasteiger partial charge in [-0.05, 0) is 44.1 Å². The van der Waals surface area contributed by atoms with Crippen molar-refractivity contribution in [1.29, 1.82) is 0 Å². The van der Waals surface area contributed by atoms with Gasteiger partial charge in [-0.25, -0.2) is 0 Å². The Morgan fingerprint density at radius 2 is 2.32 bits per heavy atom. The van der Waals surface area contributed by atoms with Crippen LogP contribution in [0.1, 0.15) is 30.1 Å². The molecule has 0 spiro atoms. The number of benzene rings is 1. The molecule has 2 rings (SSSR count). The van der Waals surface area contributed by atoms with Crippen LogP contribution in [0.3, 0.4) is 0 Å². The van der Waals surface area contributed by atoms with Gasteiger partial charge in [0.25, 0.3) is 0 Å². The van der Waals surface area contributed by atoms with Gasteiger partial charge in [0.15, 0.2) is 0 Å². The number of likely N-dealkylation sites (N-methyl/N-ethyl adjacent to an activating group) is 2. The quantitative estimate of drug-likeness (QED) is 0.775. The lowest BCUT2D eigenvalue weighted by Crippen LogP contribution is -2.38. The smallest absolute Gasteiger partial charge is 0.150 e. The second-order valence-electron chi connectivity index (χ2n) is 5.13. The van der Waals surface area contributed by atoms with E-state index in [0.29, 0.717) is 16.6 Å². The summed E-state index contributed by atoms with van der Waals surface area (Å²) >= 11 is 6.24. The van der Waals surface area contributed by atoms with E-state index in [1.54, 1.807) is 6.07 Å². The molecule has 3 nitrogen and oxygen atoms in total. The highest BCUT2D eigenvalue weighted by atomic mass is 35.5. The number of hydrogen-bond acceptors (Lipinski definition) is 3. The molecule has 1 saturated heterocycles. The van der Waals surface area contributed by atoms with Crippen molar-refractivity contribution in [2.24, 2.45) is 0 Å². The van der Waals surface area contributed by atoms with Crippen molar-refractivity contribution < 1.29 is 4.79 Å². The zero-order chi connectivity index (χ0) is 13.8. The molecule has 0 aromatic heterocycles. The summed E-state index contributed by atoms with van der Waals surface area (Å²) < 4.78 is 0. The van der Waals surface area contributed by atoms with E-state index in [9.17, 15) is 4.79 Å². The summed E-state index contributed by atoms with van der Waals surface area (Å²) in [4.78, 5) is 15.4. The van der Waals surface area contributed by atoms with Crippen LogP contribution < -0.4 is 4.90 Å². The van der Waals surface area contributed by atoms with Gasteiger partial charge in [0.2, 0.25) is 0 Å². The number of likely N-dealkylation sites (tertiary alicyclic amines) is 1. The minimum Gasteiger partial charge on any atom is -0.372 e. The highest BCUT2D eigenvalue weighted by Crippen LogP contribution is 2.27. The van der Waals surface area contributed by atoms with E-state index in [1.165, 1.54) is 19.4 Å². The van der Waals surface area contributed by atoms with Gasteiger partial charge < -0.3 is 4.90 Å². The van der Waals surface area contributed by atoms with E-state index >= 15 is 0 Å². The van der Waals surface area contributed by atoms with Crippen molar-refractivity contribution in [3.05, 3.63) is 28.8 Å². The first kappa shape index (κ1) is 14.4. The minimum absolute atomic E-state index is 0.608. The molecule has 104 valence electrons. The van der Waals surface area contributed by atoms with Crippen LogP contribution in [0.4, 0.5) is 5.69 Å². The van der Waals surface area contributed by atoms with E-state index in [1.807, 2.05) is 12.1 Å². The first-order chi connectivity index (χ1) is 9.15. The lowest BCUT2D eigenvalue weighted by Gasteiger charge is -2.29. The van der Waals surface area contributed by atoms with Crippen molar-refractivity contribution >= 4 is 23.6 Å². The van der Waals surface area contributed by atoms with E-state index in [2.05, 4.69) is 23.8 Å². The van der Waals surface area contributed by atoms with E-state index < -0.39 is 0 Å². The molecule has 0 N–H and O–H groups in total. The highest BCUT2D eigenvalue weighted by Gasteiger charge is 2.24. The van der Waals surface area contributed by atoms with Crippen LogP contribution in [0.25, 0.3) is 0 Å². The predicted octanol–water partition coefficient (Wildman–Crippen LogP) is 3.07. The molecule has 0 amide bonds. The number of nitrogens with zero attached hydrogens (tertiary/aromatic N) is 2. The summed E-state index contributed by atoms with van der Waals surface area (Å²) in [7, 11) is 2.06. The number of rotatable bonds is 5. The monoisotopic (exact) mass is 280 g/mol. The molecule has 0 saturated carbocycles. The fourth-order valence-corrected chi connectivity index (χ4v) is 3.17. The molecule has 4 heteroatoms. The van der Waals surface area contributed by atoms with Crippen molar-refractivity contribution in [2.75, 3.05) is 31.6 Å². The zero-order valence-corrected chi connectivity index (χ0v) is 12.4. The summed E-state index contributed by atoms with van der Waals surface area (Å²) in [6.07, 6.45) is 3.36. The van der Waals surface area contributed by atoms with Gasteiger partial charge in [-0.3, -0.25) is 9.69 Å². The van der Waals surface area contributed by atoms with Crippen molar-refractivity contribution in [1.82, 2.24) is 4.90 Å². The SMILES string of the molecule is CCN1CCCC1CN(C)c1ccc(C=O)cc1Cl. The Labute approximate surface area is 120 Å². The molecule has 19 heavy (non-hydrogen) atoms. The highest BCUT2D eigenvalue weighted by molar-refractivity contribution is 6.33. The van der Waals surface area contributed by atoms with Crippen LogP contribution in [0.2, 0.25) is 5.02 Å². The fraction of sp³-hybridized carbons (Fsp3) is 0.533. The molecule has 0 aliphatic carbocycles. The zero-order valence-electron chi connectivity index (χ0n) is 11.6. The maximum Gasteiger partial charge on any atom is 0.150 e. The molecule has 1 fully saturated rings. The average Bonchev–Trinajstić information content (AvgIpc) is 2.85. The van der Waals surface area contributed by atoms with Crippen LogP contribution >= 0.6 is 11.6 Å². The number of halogens is 1. The second-order valence-corrected chi connectivity index (χ2v) is 5.54. The van der Waals surface area contributed by atoms with Crippen LogP contribution in [0.5, 0.6) is 0 Å². The van der Waals surface area contributed by atoms with Gasteiger partial charge in [-0.1, -0.05) is 18.5 Å². The largest absolute Gasteiger partial charge is 0.372 e. The third-order valence-corrected chi connectivity index (χ3v) is 4.21. The van der Waals surface area contributed by atoms with Gasteiger partial charge in [0.05, 0.1) is 10.7 Å². The lowest BCUT2D eigenvalue weighted by molar-refractivity contribution is 0.112. The van der Waals surface area contributed by atoms with E-state index in [4.69, 9.17) is 11.6 Å². The van der Waals surface area contributed by atoms with Crippen molar-refractivity contribution in [3.63, 3.8) is 0 Å². The van der Waals surface area contributed by atoms with Crippen LogP contribution in [0.15, 0.2) is 18.2 Å². The van der Waals surface area contributed by atoms with Gasteiger partial charge in [0.1, 0.15) is 6.29 Å². The molecule has 1 aromatic carbocycles. The standard InChI is InChI=1S/C15H21ClN2O/c1-3-18-8-4-5-13(18)10-17(2)15-7-6-12(11-19)9-14(15)16/h6-7,9,11,13H,3-5,8,10H2,1-2H3. The Hall–Kier alpha value is -1.06. The normalized spacial score (nSPS) is 19.6. The third kappa shape index (κ3) is 3.28. The first-order valence-electron chi connectivity index (χ1n) is 6.85. The van der Waals surface area contributed by atoms with Gasteiger partial charge in [-0.15, -0.1) is 0 Å². The van der Waals surface area contributed by atoms with E-state index in [0.717, 1.165) is 25.1 Å². The molecule has 1 aliphatic heterocycles. The second kappa shape index (κ2) is 6.40. The molecule has 1 unspecified atom stereocenters. The Morgan fingerprint density at radius 1 is 1.53 bits per heavy atom.